The first-order valence-electron chi connectivity index (χ1n) is 7.80. The van der Waals surface area contributed by atoms with Gasteiger partial charge in [-0.3, -0.25) is 4.57 Å². The average Bonchev–Trinajstić information content (AvgIpc) is 2.60. The first-order chi connectivity index (χ1) is 11.5. The van der Waals surface area contributed by atoms with E-state index in [1.165, 1.54) is 0 Å². The predicted octanol–water partition coefficient (Wildman–Crippen LogP) is 4.35. The van der Waals surface area contributed by atoms with Crippen LogP contribution >= 0.6 is 7.29 Å². The fourth-order valence-corrected chi connectivity index (χ4v) is 5.02. The number of aromatic hydroxyl groups is 1. The number of rotatable bonds is 4. The van der Waals surface area contributed by atoms with E-state index in [0.717, 1.165) is 11.1 Å². The molecular weight excluding hydrogens is 317 g/mol. The molecule has 0 heterocycles. The summed E-state index contributed by atoms with van der Waals surface area (Å²) in [5, 5.41) is 14.9. The summed E-state index contributed by atoms with van der Waals surface area (Å²) in [5.41, 5.74) is 2.24. The summed E-state index contributed by atoms with van der Waals surface area (Å²) in [6.07, 6.45) is 0. The minimum absolute atomic E-state index is 0.132. The Balaban J connectivity index is 2.16. The van der Waals surface area contributed by atoms with E-state index in [2.05, 4.69) is 5.09 Å². The largest absolute Gasteiger partial charge is 0.505 e. The molecule has 0 aliphatic rings. The standard InChI is InChI=1S/C20H20NO2P/c1-15-13-16(2)20(22)19(14-15)21-24(23,17-9-5-3-6-10-17)18-11-7-4-8-12-18/h3-14,22H,1-2H3,(H,21,23). The molecule has 0 unspecified atom stereocenters. The lowest BCUT2D eigenvalue weighted by Crippen LogP contribution is -2.21. The Kier molecular flexibility index (Phi) is 4.46. The molecule has 0 amide bonds. The van der Waals surface area contributed by atoms with Crippen LogP contribution in [0.1, 0.15) is 11.1 Å². The summed E-state index contributed by atoms with van der Waals surface area (Å²) in [6, 6.07) is 22.4. The number of hydrogen-bond acceptors (Lipinski definition) is 2. The van der Waals surface area contributed by atoms with Crippen molar-refractivity contribution in [1.29, 1.82) is 0 Å². The zero-order valence-electron chi connectivity index (χ0n) is 13.7. The van der Waals surface area contributed by atoms with Crippen molar-refractivity contribution in [2.75, 3.05) is 5.09 Å². The molecule has 0 aliphatic heterocycles. The molecule has 3 aromatic carbocycles. The predicted molar refractivity (Wildman–Crippen MR) is 101 cm³/mol. The van der Waals surface area contributed by atoms with Gasteiger partial charge < -0.3 is 10.2 Å². The Bertz CT molecular complexity index is 849. The van der Waals surface area contributed by atoms with Gasteiger partial charge in [-0.2, -0.15) is 0 Å². The van der Waals surface area contributed by atoms with Gasteiger partial charge in [-0.25, -0.2) is 0 Å². The van der Waals surface area contributed by atoms with Crippen molar-refractivity contribution in [2.24, 2.45) is 0 Å². The van der Waals surface area contributed by atoms with Gasteiger partial charge in [0, 0.05) is 10.6 Å². The van der Waals surface area contributed by atoms with Crippen molar-refractivity contribution in [2.45, 2.75) is 13.8 Å². The summed E-state index contributed by atoms with van der Waals surface area (Å²) < 4.78 is 13.9. The molecule has 2 N–H and O–H groups in total. The molecule has 4 heteroatoms. The van der Waals surface area contributed by atoms with Gasteiger partial charge in [-0.1, -0.05) is 42.5 Å². The molecule has 3 aromatic rings. The molecule has 0 aliphatic carbocycles. The SMILES string of the molecule is Cc1cc(C)c(O)c(NP(=O)(c2ccccc2)c2ccccc2)c1. The lowest BCUT2D eigenvalue weighted by Gasteiger charge is -2.23. The van der Waals surface area contributed by atoms with Gasteiger partial charge in [0.05, 0.1) is 5.69 Å². The molecule has 0 bridgehead atoms. The van der Waals surface area contributed by atoms with Crippen LogP contribution in [0, 0.1) is 13.8 Å². The van der Waals surface area contributed by atoms with Gasteiger partial charge in [-0.05, 0) is 55.3 Å². The molecule has 0 saturated heterocycles. The molecule has 122 valence electrons. The summed E-state index contributed by atoms with van der Waals surface area (Å²) in [7, 11) is -3.12. The Morgan fingerprint density at radius 2 is 1.33 bits per heavy atom. The molecular formula is C20H20NO2P. The highest BCUT2D eigenvalue weighted by Gasteiger charge is 2.28. The number of aryl methyl sites for hydroxylation is 2. The van der Waals surface area contributed by atoms with Crippen LogP contribution in [-0.2, 0) is 4.57 Å². The van der Waals surface area contributed by atoms with Crippen LogP contribution < -0.4 is 15.7 Å². The monoisotopic (exact) mass is 337 g/mol. The second-order valence-corrected chi connectivity index (χ2v) is 8.35. The van der Waals surface area contributed by atoms with E-state index in [1.807, 2.05) is 86.6 Å². The Morgan fingerprint density at radius 3 is 1.83 bits per heavy atom. The van der Waals surface area contributed by atoms with Crippen LogP contribution in [0.15, 0.2) is 72.8 Å². The maximum atomic E-state index is 13.9. The number of nitrogens with one attached hydrogen (secondary N) is 1. The van der Waals surface area contributed by atoms with Crippen molar-refractivity contribution < 1.29 is 9.67 Å². The fraction of sp³-hybridized carbons (Fsp3) is 0.100. The first-order valence-corrected chi connectivity index (χ1v) is 9.51. The highest BCUT2D eigenvalue weighted by molar-refractivity contribution is 7.80. The van der Waals surface area contributed by atoms with Gasteiger partial charge >= 0.3 is 0 Å². The maximum absolute atomic E-state index is 13.9. The van der Waals surface area contributed by atoms with E-state index < -0.39 is 7.29 Å². The Morgan fingerprint density at radius 1 is 0.833 bits per heavy atom. The minimum atomic E-state index is -3.12. The fourth-order valence-electron chi connectivity index (χ4n) is 2.77. The summed E-state index contributed by atoms with van der Waals surface area (Å²) in [4.78, 5) is 0. The van der Waals surface area contributed by atoms with Crippen LogP contribution in [0.3, 0.4) is 0 Å². The highest BCUT2D eigenvalue weighted by atomic mass is 31.2. The number of phenolic OH excluding ortho intramolecular Hbond substituents is 1. The lowest BCUT2D eigenvalue weighted by atomic mass is 10.1. The van der Waals surface area contributed by atoms with E-state index in [-0.39, 0.29) is 5.75 Å². The first kappa shape index (κ1) is 16.4. The number of phenols is 1. The number of anilines is 1. The Labute approximate surface area is 142 Å². The third-order valence-corrected chi connectivity index (χ3v) is 6.57. The molecule has 0 fully saturated rings. The van der Waals surface area contributed by atoms with E-state index in [0.29, 0.717) is 16.3 Å². The summed E-state index contributed by atoms with van der Waals surface area (Å²) >= 11 is 0. The van der Waals surface area contributed by atoms with Crippen LogP contribution in [0.5, 0.6) is 5.75 Å². The molecule has 24 heavy (non-hydrogen) atoms. The zero-order valence-corrected chi connectivity index (χ0v) is 14.6. The van der Waals surface area contributed by atoms with Crippen molar-refractivity contribution in [3.63, 3.8) is 0 Å². The van der Waals surface area contributed by atoms with Crippen LogP contribution in [0.4, 0.5) is 5.69 Å². The van der Waals surface area contributed by atoms with Gasteiger partial charge in [0.2, 0.25) is 7.29 Å². The highest BCUT2D eigenvalue weighted by Crippen LogP contribution is 2.46. The zero-order chi connectivity index (χ0) is 17.2. The second kappa shape index (κ2) is 6.54. The van der Waals surface area contributed by atoms with E-state index in [1.54, 1.807) is 0 Å². The molecule has 0 saturated carbocycles. The van der Waals surface area contributed by atoms with Gasteiger partial charge in [0.15, 0.2) is 0 Å². The van der Waals surface area contributed by atoms with E-state index in [4.69, 9.17) is 0 Å². The maximum Gasteiger partial charge on any atom is 0.227 e. The average molecular weight is 337 g/mol. The van der Waals surface area contributed by atoms with Crippen LogP contribution in [0.2, 0.25) is 0 Å². The topological polar surface area (TPSA) is 49.3 Å². The summed E-state index contributed by atoms with van der Waals surface area (Å²) in [5.74, 6) is 0.132. The normalized spacial score (nSPS) is 11.2. The quantitative estimate of drug-likeness (QED) is 0.550. The molecule has 3 rings (SSSR count). The van der Waals surface area contributed by atoms with Gasteiger partial charge in [-0.15, -0.1) is 0 Å². The third-order valence-electron chi connectivity index (χ3n) is 3.96. The van der Waals surface area contributed by atoms with E-state index in [9.17, 15) is 9.67 Å². The van der Waals surface area contributed by atoms with Gasteiger partial charge in [0.1, 0.15) is 5.75 Å². The van der Waals surface area contributed by atoms with Crippen molar-refractivity contribution in [3.05, 3.63) is 83.9 Å². The van der Waals surface area contributed by atoms with Gasteiger partial charge in [0.25, 0.3) is 0 Å². The van der Waals surface area contributed by atoms with Crippen molar-refractivity contribution in [3.8, 4) is 5.75 Å². The Hall–Kier alpha value is -2.51. The van der Waals surface area contributed by atoms with Crippen molar-refractivity contribution >= 4 is 23.6 Å². The lowest BCUT2D eigenvalue weighted by molar-refractivity contribution is 0.473. The molecule has 0 radical (unpaired) electrons. The molecule has 0 spiro atoms. The van der Waals surface area contributed by atoms with Crippen LogP contribution in [-0.4, -0.2) is 5.11 Å². The number of benzene rings is 3. The molecule has 3 nitrogen and oxygen atoms in total. The second-order valence-electron chi connectivity index (χ2n) is 5.87. The third kappa shape index (κ3) is 3.08. The number of hydrogen-bond donors (Lipinski definition) is 2. The smallest absolute Gasteiger partial charge is 0.227 e. The molecule has 0 atom stereocenters. The van der Waals surface area contributed by atoms with Crippen molar-refractivity contribution in [1.82, 2.24) is 0 Å². The van der Waals surface area contributed by atoms with E-state index >= 15 is 0 Å². The minimum Gasteiger partial charge on any atom is -0.505 e. The summed E-state index contributed by atoms with van der Waals surface area (Å²) in [6.45, 7) is 3.79. The van der Waals surface area contributed by atoms with Crippen LogP contribution in [0.25, 0.3) is 0 Å². The molecule has 0 aromatic heterocycles.